The van der Waals surface area contributed by atoms with Crippen LogP contribution in [0.5, 0.6) is 0 Å². The predicted octanol–water partition coefficient (Wildman–Crippen LogP) is 1.13. The largest absolute Gasteiger partial charge is 0.401 e. The molecule has 0 saturated heterocycles. The first-order valence-corrected chi connectivity index (χ1v) is 4.32. The fourth-order valence-corrected chi connectivity index (χ4v) is 0.725. The highest BCUT2D eigenvalue weighted by atomic mass is 19.4. The zero-order chi connectivity index (χ0) is 11.0. The minimum atomic E-state index is -4.27. The van der Waals surface area contributed by atoms with E-state index in [1.165, 1.54) is 0 Å². The topological polar surface area (TPSA) is 38.3 Å². The maximum atomic E-state index is 11.6. The Morgan fingerprint density at radius 3 is 2.57 bits per heavy atom. The molecule has 1 N–H and O–H groups in total. The molecular formula is C8H14F3NO2. The molecule has 84 valence electrons. The Morgan fingerprint density at radius 2 is 2.07 bits per heavy atom. The van der Waals surface area contributed by atoms with Gasteiger partial charge >= 0.3 is 6.18 Å². The van der Waals surface area contributed by atoms with Gasteiger partial charge in [0.15, 0.2) is 5.78 Å². The number of nitrogens with one attached hydrogen (secondary N) is 1. The summed E-state index contributed by atoms with van der Waals surface area (Å²) in [7, 11) is 0. The van der Waals surface area contributed by atoms with Gasteiger partial charge in [-0.2, -0.15) is 13.2 Å². The fraction of sp³-hybridized carbons (Fsp3) is 0.875. The van der Waals surface area contributed by atoms with Gasteiger partial charge in [0.1, 0.15) is 6.61 Å². The first kappa shape index (κ1) is 13.4. The van der Waals surface area contributed by atoms with Crippen molar-refractivity contribution >= 4 is 5.78 Å². The molecule has 0 atom stereocenters. The van der Waals surface area contributed by atoms with Crippen molar-refractivity contribution in [2.75, 3.05) is 26.3 Å². The molecule has 0 unspecified atom stereocenters. The monoisotopic (exact) mass is 213 g/mol. The molecule has 0 spiro atoms. The van der Waals surface area contributed by atoms with Crippen molar-refractivity contribution in [3.63, 3.8) is 0 Å². The summed E-state index contributed by atoms with van der Waals surface area (Å²) in [5.74, 6) is -0.372. The predicted molar refractivity (Wildman–Crippen MR) is 45.0 cm³/mol. The number of halogens is 3. The Kier molecular flexibility index (Phi) is 6.48. The molecule has 0 aliphatic carbocycles. The number of carbonyl (C=O) groups excluding carboxylic acids is 1. The Balaban J connectivity index is 3.36. The first-order chi connectivity index (χ1) is 6.45. The Morgan fingerprint density at radius 1 is 1.43 bits per heavy atom. The van der Waals surface area contributed by atoms with Crippen molar-refractivity contribution in [3.05, 3.63) is 0 Å². The van der Waals surface area contributed by atoms with Gasteiger partial charge in [-0.3, -0.25) is 4.79 Å². The summed E-state index contributed by atoms with van der Waals surface area (Å²) in [4.78, 5) is 10.8. The maximum Gasteiger partial charge on any atom is 0.401 e. The molecule has 0 aromatic carbocycles. The third kappa shape index (κ3) is 9.47. The Labute approximate surface area is 80.6 Å². The van der Waals surface area contributed by atoms with Crippen molar-refractivity contribution < 1.29 is 22.7 Å². The number of carbonyl (C=O) groups is 1. The second-order valence-electron chi connectivity index (χ2n) is 2.81. The molecule has 0 heterocycles. The number of ether oxygens (including phenoxy) is 1. The quantitative estimate of drug-likeness (QED) is 0.644. The van der Waals surface area contributed by atoms with Crippen LogP contribution < -0.4 is 5.32 Å². The molecule has 0 aliphatic rings. The van der Waals surface area contributed by atoms with Crippen molar-refractivity contribution in [1.29, 1.82) is 0 Å². The highest BCUT2D eigenvalue weighted by Gasteiger charge is 2.26. The third-order valence-corrected chi connectivity index (χ3v) is 1.26. The van der Waals surface area contributed by atoms with Gasteiger partial charge in [-0.15, -0.1) is 0 Å². The van der Waals surface area contributed by atoms with Gasteiger partial charge in [-0.25, -0.2) is 0 Å². The normalized spacial score (nSPS) is 11.7. The highest BCUT2D eigenvalue weighted by molar-refractivity contribution is 5.81. The Hall–Kier alpha value is -0.620. The summed E-state index contributed by atoms with van der Waals surface area (Å²) >= 11 is 0. The number of rotatable bonds is 7. The first-order valence-electron chi connectivity index (χ1n) is 4.32. The maximum absolute atomic E-state index is 11.6. The molecule has 0 aliphatic heterocycles. The van der Waals surface area contributed by atoms with Crippen LogP contribution >= 0.6 is 0 Å². The lowest BCUT2D eigenvalue weighted by Crippen LogP contribution is -2.34. The molecule has 0 aromatic heterocycles. The van der Waals surface area contributed by atoms with Crippen LogP contribution in [0.2, 0.25) is 0 Å². The molecule has 0 rings (SSSR count). The second-order valence-corrected chi connectivity index (χ2v) is 2.81. The zero-order valence-electron chi connectivity index (χ0n) is 7.99. The summed E-state index contributed by atoms with van der Waals surface area (Å²) in [5.41, 5.74) is 0. The van der Waals surface area contributed by atoms with Crippen molar-refractivity contribution in [1.82, 2.24) is 5.32 Å². The highest BCUT2D eigenvalue weighted by Crippen LogP contribution is 2.11. The summed E-state index contributed by atoms with van der Waals surface area (Å²) in [5, 5.41) is 2.00. The van der Waals surface area contributed by atoms with E-state index in [1.54, 1.807) is 0 Å². The van der Waals surface area contributed by atoms with E-state index >= 15 is 0 Å². The molecule has 0 radical (unpaired) electrons. The van der Waals surface area contributed by atoms with Gasteiger partial charge in [0.05, 0.1) is 13.1 Å². The van der Waals surface area contributed by atoms with Gasteiger partial charge in [0, 0.05) is 6.61 Å². The minimum absolute atomic E-state index is 0.126. The van der Waals surface area contributed by atoms with Crippen molar-refractivity contribution in [3.8, 4) is 0 Å². The van der Waals surface area contributed by atoms with E-state index in [0.29, 0.717) is 6.61 Å². The molecule has 0 amide bonds. The lowest BCUT2D eigenvalue weighted by atomic mass is 10.4. The summed E-state index contributed by atoms with van der Waals surface area (Å²) in [6.45, 7) is 0.756. The van der Waals surface area contributed by atoms with Gasteiger partial charge in [0.2, 0.25) is 0 Å². The van der Waals surface area contributed by atoms with E-state index in [9.17, 15) is 18.0 Å². The van der Waals surface area contributed by atoms with E-state index in [-0.39, 0.29) is 18.9 Å². The van der Waals surface area contributed by atoms with Gasteiger partial charge in [-0.05, 0) is 6.42 Å². The van der Waals surface area contributed by atoms with E-state index < -0.39 is 12.7 Å². The lowest BCUT2D eigenvalue weighted by molar-refractivity contribution is -0.129. The van der Waals surface area contributed by atoms with Crippen LogP contribution in [0.1, 0.15) is 13.3 Å². The molecular weight excluding hydrogens is 199 g/mol. The third-order valence-electron chi connectivity index (χ3n) is 1.26. The van der Waals surface area contributed by atoms with Crippen LogP contribution in [0, 0.1) is 0 Å². The molecule has 0 saturated carbocycles. The van der Waals surface area contributed by atoms with E-state index in [2.05, 4.69) is 0 Å². The van der Waals surface area contributed by atoms with Crippen molar-refractivity contribution in [2.24, 2.45) is 0 Å². The molecule has 3 nitrogen and oxygen atoms in total. The smallest absolute Gasteiger partial charge is 0.374 e. The summed E-state index contributed by atoms with van der Waals surface area (Å²) < 4.78 is 39.7. The summed E-state index contributed by atoms with van der Waals surface area (Å²) in [6, 6.07) is 0. The SMILES string of the molecule is CCCOCC(=O)CNCC(F)(F)F. The van der Waals surface area contributed by atoms with Crippen LogP contribution in [-0.2, 0) is 9.53 Å². The minimum Gasteiger partial charge on any atom is -0.374 e. The zero-order valence-corrected chi connectivity index (χ0v) is 7.99. The van der Waals surface area contributed by atoms with Crippen LogP contribution in [-0.4, -0.2) is 38.3 Å². The van der Waals surface area contributed by atoms with Gasteiger partial charge in [-0.1, -0.05) is 6.92 Å². The second kappa shape index (κ2) is 6.78. The van der Waals surface area contributed by atoms with Crippen molar-refractivity contribution in [2.45, 2.75) is 19.5 Å². The van der Waals surface area contributed by atoms with Gasteiger partial charge < -0.3 is 10.1 Å². The van der Waals surface area contributed by atoms with E-state index in [4.69, 9.17) is 4.74 Å². The van der Waals surface area contributed by atoms with Crippen LogP contribution in [0.4, 0.5) is 13.2 Å². The standard InChI is InChI=1S/C8H14F3NO2/c1-2-3-14-5-7(13)4-12-6-8(9,10)11/h12H,2-6H2,1H3. The molecule has 0 fully saturated rings. The number of hydrogen-bond acceptors (Lipinski definition) is 3. The number of hydrogen-bond donors (Lipinski definition) is 1. The Bertz CT molecular complexity index is 170. The van der Waals surface area contributed by atoms with Gasteiger partial charge in [0.25, 0.3) is 0 Å². The lowest BCUT2D eigenvalue weighted by Gasteiger charge is -2.07. The van der Waals surface area contributed by atoms with E-state index in [0.717, 1.165) is 6.42 Å². The molecule has 6 heteroatoms. The molecule has 0 aromatic rings. The van der Waals surface area contributed by atoms with Crippen LogP contribution in [0.25, 0.3) is 0 Å². The fourth-order valence-electron chi connectivity index (χ4n) is 0.725. The number of Topliss-reactive ketones (excluding diaryl/α,β-unsaturated/α-hetero) is 1. The van der Waals surface area contributed by atoms with E-state index in [1.807, 2.05) is 12.2 Å². The number of ketones is 1. The molecule has 0 bridgehead atoms. The summed E-state index contributed by atoms with van der Waals surface area (Å²) in [6.07, 6.45) is -3.49. The average molecular weight is 213 g/mol. The average Bonchev–Trinajstić information content (AvgIpc) is 2.02. The number of alkyl halides is 3. The van der Waals surface area contributed by atoms with Crippen LogP contribution in [0.3, 0.4) is 0 Å². The van der Waals surface area contributed by atoms with Crippen LogP contribution in [0.15, 0.2) is 0 Å². The molecule has 14 heavy (non-hydrogen) atoms.